The fraction of sp³-hybridized carbons (Fsp3) is 0.263. The molecule has 2 atom stereocenters. The van der Waals surface area contributed by atoms with Crippen molar-refractivity contribution in [2.75, 3.05) is 19.7 Å². The number of aromatic nitrogens is 1. The first kappa shape index (κ1) is 20.7. The predicted octanol–water partition coefficient (Wildman–Crippen LogP) is 0.928. The second-order valence-corrected chi connectivity index (χ2v) is 8.31. The van der Waals surface area contributed by atoms with Crippen LogP contribution in [0.1, 0.15) is 5.56 Å². The van der Waals surface area contributed by atoms with E-state index in [1.54, 1.807) is 0 Å². The smallest absolute Gasteiger partial charge is 0.260 e. The number of nitrogens with zero attached hydrogens (tertiary/aromatic N) is 3. The van der Waals surface area contributed by atoms with E-state index >= 15 is 0 Å². The molecule has 1 fully saturated rings. The van der Waals surface area contributed by atoms with E-state index in [1.165, 1.54) is 30.5 Å². The summed E-state index contributed by atoms with van der Waals surface area (Å²) in [6.45, 7) is 5.33. The number of hydrogen-bond donors (Lipinski definition) is 2. The van der Waals surface area contributed by atoms with Gasteiger partial charge in [0.15, 0.2) is 5.03 Å². The number of ether oxygens (including phenoxy) is 1. The first-order valence-electron chi connectivity index (χ1n) is 8.33. The lowest BCUT2D eigenvalue weighted by Crippen LogP contribution is -2.48. The molecule has 1 aliphatic heterocycles. The van der Waals surface area contributed by atoms with E-state index in [0.717, 1.165) is 10.4 Å². The summed E-state index contributed by atoms with van der Waals surface area (Å²) in [7, 11) is -4.10. The highest BCUT2D eigenvalue weighted by molar-refractivity contribution is 7.89. The van der Waals surface area contributed by atoms with Crippen LogP contribution in [0.2, 0.25) is 0 Å². The lowest BCUT2D eigenvalue weighted by atomic mass is 10.0. The third-order valence-corrected chi connectivity index (χ3v) is 6.25. The maximum atomic E-state index is 13.8. The zero-order valence-corrected chi connectivity index (χ0v) is 15.8. The summed E-state index contributed by atoms with van der Waals surface area (Å²) in [4.78, 5) is 6.85. The first-order chi connectivity index (χ1) is 13.7. The monoisotopic (exact) mass is 417 g/mol. The lowest BCUT2D eigenvalue weighted by molar-refractivity contribution is -0.0641. The van der Waals surface area contributed by atoms with Gasteiger partial charge in [-0.2, -0.15) is 4.31 Å². The van der Waals surface area contributed by atoms with Gasteiger partial charge in [0.1, 0.15) is 23.3 Å². The van der Waals surface area contributed by atoms with Crippen LogP contribution in [-0.4, -0.2) is 59.3 Å². The molecule has 0 bridgehead atoms. The molecule has 0 saturated carbocycles. The van der Waals surface area contributed by atoms with E-state index in [-0.39, 0.29) is 23.0 Å². The number of benzene rings is 1. The van der Waals surface area contributed by atoms with Gasteiger partial charge in [-0.25, -0.2) is 22.6 Å². The van der Waals surface area contributed by atoms with Crippen LogP contribution in [0.15, 0.2) is 41.6 Å². The van der Waals surface area contributed by atoms with E-state index in [4.69, 9.17) is 17.7 Å². The van der Waals surface area contributed by atoms with Crippen molar-refractivity contribution in [2.24, 2.45) is 0 Å². The summed E-state index contributed by atoms with van der Waals surface area (Å²) in [6.07, 6.45) is 5.29. The summed E-state index contributed by atoms with van der Waals surface area (Å²) in [5, 5.41) is 20.0. The van der Waals surface area contributed by atoms with Gasteiger partial charge in [-0.05, 0) is 24.3 Å². The fourth-order valence-corrected chi connectivity index (χ4v) is 4.29. The molecule has 0 aliphatic carbocycles. The second-order valence-electron chi connectivity index (χ2n) is 6.42. The number of terminal acetylenes is 1. The van der Waals surface area contributed by atoms with Crippen LogP contribution in [-0.2, 0) is 10.0 Å². The van der Waals surface area contributed by atoms with Crippen LogP contribution < -0.4 is 4.74 Å². The summed E-state index contributed by atoms with van der Waals surface area (Å²) in [5.41, 5.74) is -1.71. The quantitative estimate of drug-likeness (QED) is 0.554. The summed E-state index contributed by atoms with van der Waals surface area (Å²) in [5.74, 6) is 1.51. The van der Waals surface area contributed by atoms with E-state index in [9.17, 15) is 23.0 Å². The maximum Gasteiger partial charge on any atom is 0.260 e. The van der Waals surface area contributed by atoms with Gasteiger partial charge in [0, 0.05) is 24.4 Å². The number of pyridine rings is 1. The highest BCUT2D eigenvalue weighted by atomic mass is 32.2. The number of β-amino-alcohol motifs (C(OH)–C–C–N with tert-alkyl or cyclic N) is 1. The minimum Gasteiger partial charge on any atom is -0.486 e. The Kier molecular flexibility index (Phi) is 5.55. The van der Waals surface area contributed by atoms with Crippen LogP contribution >= 0.6 is 0 Å². The van der Waals surface area contributed by atoms with Crippen molar-refractivity contribution in [3.8, 4) is 18.1 Å². The predicted molar refractivity (Wildman–Crippen MR) is 100 cm³/mol. The van der Waals surface area contributed by atoms with Gasteiger partial charge in [0.2, 0.25) is 5.69 Å². The van der Waals surface area contributed by atoms with Gasteiger partial charge < -0.3 is 14.9 Å². The van der Waals surface area contributed by atoms with Gasteiger partial charge in [-0.3, -0.25) is 0 Å². The highest BCUT2D eigenvalue weighted by Crippen LogP contribution is 2.31. The van der Waals surface area contributed by atoms with Crippen LogP contribution in [0.5, 0.6) is 5.75 Å². The van der Waals surface area contributed by atoms with E-state index in [0.29, 0.717) is 5.56 Å². The second kappa shape index (κ2) is 7.78. The van der Waals surface area contributed by atoms with Crippen molar-refractivity contribution in [1.82, 2.24) is 9.29 Å². The topological polar surface area (TPSA) is 104 Å². The molecule has 0 unspecified atom stereocenters. The van der Waals surface area contributed by atoms with Crippen molar-refractivity contribution in [2.45, 2.75) is 16.7 Å². The summed E-state index contributed by atoms with van der Waals surface area (Å²) in [6, 6.07) is 6.16. The Morgan fingerprint density at radius 1 is 1.45 bits per heavy atom. The Hall–Kier alpha value is -3.02. The molecule has 1 aromatic carbocycles. The molecule has 1 aromatic heterocycles. The van der Waals surface area contributed by atoms with Crippen molar-refractivity contribution >= 4 is 15.7 Å². The van der Waals surface area contributed by atoms with E-state index in [1.807, 2.05) is 0 Å². The number of halogens is 1. The third-order valence-electron chi connectivity index (χ3n) is 4.52. The average molecular weight is 417 g/mol. The number of rotatable bonds is 5. The molecule has 0 radical (unpaired) electrons. The Labute approximate surface area is 167 Å². The maximum absolute atomic E-state index is 13.8. The highest BCUT2D eigenvalue weighted by Gasteiger charge is 2.51. The Bertz CT molecular complexity index is 1110. The number of sulfonamides is 1. The zero-order chi connectivity index (χ0) is 21.2. The molecule has 2 heterocycles. The lowest BCUT2D eigenvalue weighted by Gasteiger charge is -2.27. The summed E-state index contributed by atoms with van der Waals surface area (Å²) >= 11 is 0. The van der Waals surface area contributed by atoms with Crippen molar-refractivity contribution < 1.29 is 27.8 Å². The normalized spacial score (nSPS) is 22.0. The Balaban J connectivity index is 1.86. The minimum absolute atomic E-state index is 0.0116. The molecule has 8 nitrogen and oxygen atoms in total. The number of hydrogen-bond acceptors (Lipinski definition) is 6. The molecule has 2 aromatic rings. The molecule has 10 heteroatoms. The van der Waals surface area contributed by atoms with Crippen molar-refractivity contribution in [1.29, 1.82) is 0 Å². The Morgan fingerprint density at radius 3 is 2.76 bits per heavy atom. The fourth-order valence-electron chi connectivity index (χ4n) is 2.87. The van der Waals surface area contributed by atoms with Gasteiger partial charge in [0.05, 0.1) is 19.7 Å². The molecular weight excluding hydrogens is 401 g/mol. The third kappa shape index (κ3) is 3.92. The zero-order valence-electron chi connectivity index (χ0n) is 15.0. The van der Waals surface area contributed by atoms with Crippen LogP contribution in [0.3, 0.4) is 0 Å². The molecule has 1 aliphatic rings. The van der Waals surface area contributed by atoms with Crippen molar-refractivity contribution in [3.63, 3.8) is 0 Å². The SMILES string of the molecule is [C-]#[N+]c1ccc(O[C@H]2CN(S(=O)(=O)c3ccc(C#C)cn3)C[C@@]2(O)CO)cc1F. The molecule has 2 N–H and O–H groups in total. The van der Waals surface area contributed by atoms with Crippen LogP contribution in [0.4, 0.5) is 10.1 Å². The molecular formula is C19H16FN3O5S. The van der Waals surface area contributed by atoms with E-state index < -0.39 is 40.7 Å². The number of aliphatic hydroxyl groups is 2. The molecule has 0 spiro atoms. The van der Waals surface area contributed by atoms with E-state index in [2.05, 4.69) is 15.7 Å². The summed E-state index contributed by atoms with van der Waals surface area (Å²) < 4.78 is 46.0. The van der Waals surface area contributed by atoms with Crippen molar-refractivity contribution in [3.05, 3.63) is 59.3 Å². The minimum atomic E-state index is -4.10. The standard InChI is InChI=1S/C19H16FN3O5S/c1-3-13-4-7-18(22-9-13)29(26,27)23-10-17(19(25,11-23)12-24)28-14-5-6-16(21-2)15(20)8-14/h1,4-9,17,24-25H,10-12H2/t17-,19+/m0/s1. The molecule has 29 heavy (non-hydrogen) atoms. The average Bonchev–Trinajstić information content (AvgIpc) is 3.06. The van der Waals surface area contributed by atoms with Gasteiger partial charge in [0.25, 0.3) is 10.0 Å². The van der Waals surface area contributed by atoms with Gasteiger partial charge in [-0.1, -0.05) is 5.92 Å². The molecule has 0 amide bonds. The van der Waals surface area contributed by atoms with Gasteiger partial charge in [-0.15, -0.1) is 6.42 Å². The largest absolute Gasteiger partial charge is 0.486 e. The van der Waals surface area contributed by atoms with Gasteiger partial charge >= 0.3 is 0 Å². The molecule has 150 valence electrons. The van der Waals surface area contributed by atoms with Crippen LogP contribution in [0.25, 0.3) is 4.85 Å². The Morgan fingerprint density at radius 2 is 2.21 bits per heavy atom. The number of aliphatic hydroxyl groups excluding tert-OH is 1. The molecule has 1 saturated heterocycles. The van der Waals surface area contributed by atoms with Crippen LogP contribution in [0, 0.1) is 24.7 Å². The molecule has 3 rings (SSSR count). The first-order valence-corrected chi connectivity index (χ1v) is 9.77.